The molecule has 1 rings (SSSR count). The predicted octanol–water partition coefficient (Wildman–Crippen LogP) is 2.69. The fraction of sp³-hybridized carbons (Fsp3) is 0.385. The Morgan fingerprint density at radius 1 is 1.44 bits per heavy atom. The van der Waals surface area contributed by atoms with E-state index < -0.39 is 5.97 Å². The molecule has 0 amide bonds. The molecule has 1 atom stereocenters. The van der Waals surface area contributed by atoms with Crippen LogP contribution < -0.4 is 0 Å². The number of aryl methyl sites for hydroxylation is 1. The molecule has 0 heterocycles. The van der Waals surface area contributed by atoms with Crippen molar-refractivity contribution >= 4 is 12.3 Å². The van der Waals surface area contributed by atoms with Gasteiger partial charge in [-0.1, -0.05) is 6.92 Å². The van der Waals surface area contributed by atoms with Gasteiger partial charge < -0.3 is 9.90 Å². The Bertz CT molecular complexity index is 421. The molecule has 0 aliphatic heterocycles. The van der Waals surface area contributed by atoms with Crippen LogP contribution in [0.15, 0.2) is 12.1 Å². The average molecular weight is 220 g/mol. The van der Waals surface area contributed by atoms with E-state index in [4.69, 9.17) is 5.11 Å². The van der Waals surface area contributed by atoms with Gasteiger partial charge in [-0.25, -0.2) is 4.79 Å². The van der Waals surface area contributed by atoms with Crippen molar-refractivity contribution in [3.8, 4) is 0 Å². The highest BCUT2D eigenvalue weighted by molar-refractivity contribution is 5.88. The molecule has 0 saturated heterocycles. The summed E-state index contributed by atoms with van der Waals surface area (Å²) in [4.78, 5) is 21.4. The second-order valence-corrected chi connectivity index (χ2v) is 4.12. The van der Waals surface area contributed by atoms with E-state index in [-0.39, 0.29) is 11.5 Å². The molecule has 3 heteroatoms. The Labute approximate surface area is 95.1 Å². The van der Waals surface area contributed by atoms with Crippen molar-refractivity contribution in [2.45, 2.75) is 33.1 Å². The van der Waals surface area contributed by atoms with Gasteiger partial charge in [-0.05, 0) is 48.6 Å². The van der Waals surface area contributed by atoms with Crippen molar-refractivity contribution in [1.82, 2.24) is 0 Å². The van der Waals surface area contributed by atoms with Gasteiger partial charge in [0.25, 0.3) is 0 Å². The SMILES string of the molecule is Cc1cc(C(=O)O)cc(C(C)CC=O)c1C. The minimum Gasteiger partial charge on any atom is -0.478 e. The summed E-state index contributed by atoms with van der Waals surface area (Å²) < 4.78 is 0. The Kier molecular flexibility index (Phi) is 3.82. The second kappa shape index (κ2) is 4.92. The van der Waals surface area contributed by atoms with Crippen molar-refractivity contribution in [2.24, 2.45) is 0 Å². The van der Waals surface area contributed by atoms with Crippen LogP contribution in [-0.2, 0) is 4.79 Å². The monoisotopic (exact) mass is 220 g/mol. The summed E-state index contributed by atoms with van der Waals surface area (Å²) in [6, 6.07) is 3.33. The summed E-state index contributed by atoms with van der Waals surface area (Å²) >= 11 is 0. The van der Waals surface area contributed by atoms with Gasteiger partial charge in [0.2, 0.25) is 0 Å². The molecule has 86 valence electrons. The Morgan fingerprint density at radius 3 is 2.56 bits per heavy atom. The molecule has 16 heavy (non-hydrogen) atoms. The van der Waals surface area contributed by atoms with E-state index in [0.29, 0.717) is 6.42 Å². The van der Waals surface area contributed by atoms with E-state index in [1.165, 1.54) is 0 Å². The number of aromatic carboxylic acids is 1. The van der Waals surface area contributed by atoms with Crippen LogP contribution in [0.2, 0.25) is 0 Å². The molecular weight excluding hydrogens is 204 g/mol. The molecule has 0 radical (unpaired) electrons. The lowest BCUT2D eigenvalue weighted by Crippen LogP contribution is -2.04. The van der Waals surface area contributed by atoms with Crippen LogP contribution in [0.5, 0.6) is 0 Å². The highest BCUT2D eigenvalue weighted by Crippen LogP contribution is 2.25. The van der Waals surface area contributed by atoms with Crippen LogP contribution in [0.1, 0.15) is 46.3 Å². The van der Waals surface area contributed by atoms with Gasteiger partial charge in [0.05, 0.1) is 5.56 Å². The number of aldehydes is 1. The number of carboxylic acid groups (broad SMARTS) is 1. The first kappa shape index (κ1) is 12.4. The normalized spacial score (nSPS) is 12.2. The summed E-state index contributed by atoms with van der Waals surface area (Å²) in [6.07, 6.45) is 1.29. The van der Waals surface area contributed by atoms with Crippen LogP contribution in [-0.4, -0.2) is 17.4 Å². The lowest BCUT2D eigenvalue weighted by atomic mass is 9.90. The topological polar surface area (TPSA) is 54.4 Å². The minimum atomic E-state index is -0.928. The Balaban J connectivity index is 3.26. The van der Waals surface area contributed by atoms with E-state index >= 15 is 0 Å². The van der Waals surface area contributed by atoms with Crippen LogP contribution in [0, 0.1) is 13.8 Å². The van der Waals surface area contributed by atoms with Crippen LogP contribution >= 0.6 is 0 Å². The van der Waals surface area contributed by atoms with E-state index in [1.807, 2.05) is 20.8 Å². The smallest absolute Gasteiger partial charge is 0.335 e. The van der Waals surface area contributed by atoms with Gasteiger partial charge in [-0.3, -0.25) is 0 Å². The van der Waals surface area contributed by atoms with Gasteiger partial charge in [0, 0.05) is 6.42 Å². The van der Waals surface area contributed by atoms with Crippen molar-refractivity contribution in [2.75, 3.05) is 0 Å². The number of carboxylic acids is 1. The molecule has 0 bridgehead atoms. The molecule has 1 aromatic carbocycles. The van der Waals surface area contributed by atoms with Crippen molar-refractivity contribution in [1.29, 1.82) is 0 Å². The quantitative estimate of drug-likeness (QED) is 0.794. The second-order valence-electron chi connectivity index (χ2n) is 4.12. The largest absolute Gasteiger partial charge is 0.478 e. The summed E-state index contributed by atoms with van der Waals surface area (Å²) in [5.41, 5.74) is 3.26. The molecule has 1 N–H and O–H groups in total. The third kappa shape index (κ3) is 2.48. The van der Waals surface area contributed by atoms with Crippen molar-refractivity contribution in [3.05, 3.63) is 34.4 Å². The number of hydrogen-bond donors (Lipinski definition) is 1. The lowest BCUT2D eigenvalue weighted by molar-refractivity contribution is -0.108. The van der Waals surface area contributed by atoms with Gasteiger partial charge in [-0.15, -0.1) is 0 Å². The maximum atomic E-state index is 10.9. The molecule has 0 aromatic heterocycles. The van der Waals surface area contributed by atoms with Gasteiger partial charge >= 0.3 is 5.97 Å². The summed E-state index contributed by atoms with van der Waals surface area (Å²) in [7, 11) is 0. The molecule has 0 spiro atoms. The molecule has 3 nitrogen and oxygen atoms in total. The van der Waals surface area contributed by atoms with Crippen LogP contribution in [0.3, 0.4) is 0 Å². The Hall–Kier alpha value is -1.64. The zero-order chi connectivity index (χ0) is 12.3. The highest BCUT2D eigenvalue weighted by atomic mass is 16.4. The molecule has 1 unspecified atom stereocenters. The molecule has 0 aliphatic carbocycles. The zero-order valence-corrected chi connectivity index (χ0v) is 9.78. The van der Waals surface area contributed by atoms with Crippen molar-refractivity contribution < 1.29 is 14.7 Å². The number of rotatable bonds is 4. The third-order valence-corrected chi connectivity index (χ3v) is 2.94. The van der Waals surface area contributed by atoms with E-state index in [1.54, 1.807) is 12.1 Å². The molecule has 0 aliphatic rings. The van der Waals surface area contributed by atoms with Crippen molar-refractivity contribution in [3.63, 3.8) is 0 Å². The minimum absolute atomic E-state index is 0.0653. The summed E-state index contributed by atoms with van der Waals surface area (Å²) in [6.45, 7) is 5.78. The first-order valence-corrected chi connectivity index (χ1v) is 5.25. The van der Waals surface area contributed by atoms with Crippen LogP contribution in [0.25, 0.3) is 0 Å². The zero-order valence-electron chi connectivity index (χ0n) is 9.78. The number of benzene rings is 1. The molecule has 0 fully saturated rings. The fourth-order valence-electron chi connectivity index (χ4n) is 1.79. The van der Waals surface area contributed by atoms with E-state index in [0.717, 1.165) is 23.0 Å². The molecular formula is C13H16O3. The standard InChI is InChI=1S/C13H16O3/c1-8(4-5-14)12-7-11(13(15)16)6-9(2)10(12)3/h5-8H,4H2,1-3H3,(H,15,16). The van der Waals surface area contributed by atoms with Crippen LogP contribution in [0.4, 0.5) is 0 Å². The molecule has 0 saturated carbocycles. The average Bonchev–Trinajstić information content (AvgIpc) is 2.21. The maximum absolute atomic E-state index is 10.9. The number of carbonyl (C=O) groups is 2. The first-order chi connectivity index (χ1) is 7.47. The van der Waals surface area contributed by atoms with E-state index in [2.05, 4.69) is 0 Å². The Morgan fingerprint density at radius 2 is 2.06 bits per heavy atom. The first-order valence-electron chi connectivity index (χ1n) is 5.25. The fourth-order valence-corrected chi connectivity index (χ4v) is 1.79. The highest BCUT2D eigenvalue weighted by Gasteiger charge is 2.13. The third-order valence-electron chi connectivity index (χ3n) is 2.94. The van der Waals surface area contributed by atoms with Gasteiger partial charge in [0.1, 0.15) is 6.29 Å². The maximum Gasteiger partial charge on any atom is 0.335 e. The predicted molar refractivity (Wildman–Crippen MR) is 62.0 cm³/mol. The summed E-state index contributed by atoms with van der Waals surface area (Å²) in [5.74, 6) is -0.863. The summed E-state index contributed by atoms with van der Waals surface area (Å²) in [5, 5.41) is 8.97. The number of hydrogen-bond acceptors (Lipinski definition) is 2. The van der Waals surface area contributed by atoms with E-state index in [9.17, 15) is 9.59 Å². The lowest BCUT2D eigenvalue weighted by Gasteiger charge is -2.15. The van der Waals surface area contributed by atoms with Gasteiger partial charge in [-0.2, -0.15) is 0 Å². The number of carbonyl (C=O) groups excluding carboxylic acids is 1. The molecule has 1 aromatic rings. The van der Waals surface area contributed by atoms with Gasteiger partial charge in [0.15, 0.2) is 0 Å².